The number of carboxylic acid groups (broad SMARTS) is 2. The van der Waals surface area contributed by atoms with Gasteiger partial charge < -0.3 is 35.2 Å². The van der Waals surface area contributed by atoms with E-state index in [4.69, 9.17) is 15.2 Å². The minimum absolute atomic E-state index is 0.0946. The smallest absolute Gasteiger partial charge is 0.409 e. The minimum atomic E-state index is -1.36. The molecule has 0 radical (unpaired) electrons. The molecule has 3 amide bonds. The Morgan fingerprint density at radius 2 is 1.68 bits per heavy atom. The normalized spacial score (nSPS) is 15.0. The summed E-state index contributed by atoms with van der Waals surface area (Å²) in [6.07, 6.45) is -2.47. The molecule has 13 heteroatoms. The number of para-hydroxylation sites is 1. The number of rotatable bonds is 10. The highest BCUT2D eigenvalue weighted by Gasteiger charge is 2.36. The summed E-state index contributed by atoms with van der Waals surface area (Å²) < 4.78 is 10.7. The predicted molar refractivity (Wildman–Crippen MR) is 133 cm³/mol. The minimum Gasteiger partial charge on any atom is -0.481 e. The van der Waals surface area contributed by atoms with Crippen LogP contribution in [0.2, 0.25) is 0 Å². The van der Waals surface area contributed by atoms with E-state index in [-0.39, 0.29) is 56.2 Å². The molecule has 1 aromatic heterocycles. The second-order valence-corrected chi connectivity index (χ2v) is 8.68. The number of piperazine rings is 1. The highest BCUT2D eigenvalue weighted by atomic mass is 16.6. The Morgan fingerprint density at radius 3 is 2.26 bits per heavy atom. The van der Waals surface area contributed by atoms with Gasteiger partial charge in [-0.1, -0.05) is 12.1 Å². The fourth-order valence-electron chi connectivity index (χ4n) is 4.23. The maximum absolute atomic E-state index is 13.7. The molecule has 13 nitrogen and oxygen atoms in total. The van der Waals surface area contributed by atoms with E-state index in [9.17, 15) is 34.2 Å². The number of hydrogen-bond donors (Lipinski definition) is 3. The third-order valence-corrected chi connectivity index (χ3v) is 6.15. The molecule has 1 aliphatic rings. The first-order valence-corrected chi connectivity index (χ1v) is 12.1. The van der Waals surface area contributed by atoms with Crippen molar-refractivity contribution in [3.63, 3.8) is 0 Å². The zero-order chi connectivity index (χ0) is 28.0. The van der Waals surface area contributed by atoms with Crippen LogP contribution in [-0.2, 0) is 19.1 Å². The molecule has 0 aliphatic carbocycles. The Balaban J connectivity index is 2.08. The van der Waals surface area contributed by atoms with Crippen LogP contribution >= 0.6 is 0 Å². The number of carbonyl (C=O) groups is 5. The van der Waals surface area contributed by atoms with Crippen LogP contribution in [0.1, 0.15) is 48.7 Å². The summed E-state index contributed by atoms with van der Waals surface area (Å²) in [5.41, 5.74) is 5.63. The van der Waals surface area contributed by atoms with E-state index in [1.165, 1.54) is 16.7 Å². The van der Waals surface area contributed by atoms with E-state index in [2.05, 4.69) is 4.98 Å². The molecule has 2 heterocycles. The van der Waals surface area contributed by atoms with Crippen molar-refractivity contribution in [3.8, 4) is 5.75 Å². The van der Waals surface area contributed by atoms with Gasteiger partial charge in [-0.3, -0.25) is 19.4 Å². The van der Waals surface area contributed by atoms with Gasteiger partial charge in [0.25, 0.3) is 5.91 Å². The summed E-state index contributed by atoms with van der Waals surface area (Å²) in [5.74, 6) is -5.31. The van der Waals surface area contributed by atoms with Crippen molar-refractivity contribution in [1.29, 1.82) is 0 Å². The fraction of sp³-hybridized carbons (Fsp3) is 0.440. The van der Waals surface area contributed by atoms with E-state index in [1.54, 1.807) is 31.2 Å². The predicted octanol–water partition coefficient (Wildman–Crippen LogP) is 1.43. The summed E-state index contributed by atoms with van der Waals surface area (Å²) >= 11 is 0. The average molecular weight is 531 g/mol. The van der Waals surface area contributed by atoms with Crippen molar-refractivity contribution in [1.82, 2.24) is 14.8 Å². The largest absolute Gasteiger partial charge is 0.481 e. The lowest BCUT2D eigenvalue weighted by atomic mass is 9.91. The van der Waals surface area contributed by atoms with Crippen molar-refractivity contribution in [2.75, 3.05) is 32.8 Å². The SMILES string of the molecule is CCOC(=O)N1CCN(C(=O)C(CCC(=O)O)c2nc3ccccc3c(OC(C)C(=O)O)c2C(N)=O)CC1. The second kappa shape index (κ2) is 12.2. The van der Waals surface area contributed by atoms with E-state index < -0.39 is 48.3 Å². The number of pyridine rings is 1. The second-order valence-electron chi connectivity index (χ2n) is 8.68. The van der Waals surface area contributed by atoms with Gasteiger partial charge in [0.05, 0.1) is 23.7 Å². The van der Waals surface area contributed by atoms with Crippen molar-refractivity contribution in [3.05, 3.63) is 35.5 Å². The summed E-state index contributed by atoms with van der Waals surface area (Å²) in [6.45, 7) is 3.89. The van der Waals surface area contributed by atoms with E-state index in [0.717, 1.165) is 0 Å². The topological polar surface area (TPSA) is 190 Å². The zero-order valence-electron chi connectivity index (χ0n) is 21.1. The number of carbonyl (C=O) groups excluding carboxylic acids is 3. The zero-order valence-corrected chi connectivity index (χ0v) is 21.1. The molecule has 0 bridgehead atoms. The van der Waals surface area contributed by atoms with Crippen LogP contribution in [0.4, 0.5) is 4.79 Å². The van der Waals surface area contributed by atoms with Crippen LogP contribution in [-0.4, -0.2) is 93.7 Å². The maximum atomic E-state index is 13.7. The lowest BCUT2D eigenvalue weighted by molar-refractivity contribution is -0.144. The Bertz CT molecular complexity index is 1240. The van der Waals surface area contributed by atoms with Gasteiger partial charge in [-0.2, -0.15) is 0 Å². The molecule has 1 aliphatic heterocycles. The molecular formula is C25H30N4O9. The summed E-state index contributed by atoms with van der Waals surface area (Å²) in [5, 5.41) is 19.1. The Hall–Kier alpha value is -4.42. The Kier molecular flexibility index (Phi) is 9.05. The van der Waals surface area contributed by atoms with Crippen molar-refractivity contribution >= 4 is 40.7 Å². The summed E-state index contributed by atoms with van der Waals surface area (Å²) in [4.78, 5) is 68.9. The van der Waals surface area contributed by atoms with Gasteiger partial charge in [0.1, 0.15) is 11.3 Å². The van der Waals surface area contributed by atoms with Gasteiger partial charge in [-0.15, -0.1) is 0 Å². The molecule has 38 heavy (non-hydrogen) atoms. The van der Waals surface area contributed by atoms with Gasteiger partial charge >= 0.3 is 18.0 Å². The van der Waals surface area contributed by atoms with Crippen LogP contribution in [0.25, 0.3) is 10.9 Å². The molecule has 1 aromatic carbocycles. The number of aromatic nitrogens is 1. The van der Waals surface area contributed by atoms with Crippen molar-refractivity contribution in [2.45, 2.75) is 38.7 Å². The molecule has 1 fully saturated rings. The summed E-state index contributed by atoms with van der Waals surface area (Å²) in [6, 6.07) is 6.48. The monoisotopic (exact) mass is 530 g/mol. The van der Waals surface area contributed by atoms with Crippen LogP contribution in [0.3, 0.4) is 0 Å². The molecule has 1 saturated heterocycles. The van der Waals surface area contributed by atoms with Gasteiger partial charge in [0.2, 0.25) is 5.91 Å². The molecule has 2 atom stereocenters. The van der Waals surface area contributed by atoms with Crippen LogP contribution in [0, 0.1) is 0 Å². The quantitative estimate of drug-likeness (QED) is 0.405. The number of fused-ring (bicyclic) bond motifs is 1. The highest BCUT2D eigenvalue weighted by molar-refractivity contribution is 6.04. The molecule has 2 aromatic rings. The number of nitrogens with two attached hydrogens (primary N) is 1. The number of primary amides is 1. The first kappa shape index (κ1) is 28.2. The maximum Gasteiger partial charge on any atom is 0.409 e. The van der Waals surface area contributed by atoms with E-state index >= 15 is 0 Å². The van der Waals surface area contributed by atoms with Crippen LogP contribution in [0.5, 0.6) is 5.75 Å². The molecule has 0 saturated carbocycles. The Morgan fingerprint density at radius 1 is 1.05 bits per heavy atom. The van der Waals surface area contributed by atoms with Gasteiger partial charge in [0.15, 0.2) is 6.10 Å². The molecular weight excluding hydrogens is 500 g/mol. The first-order chi connectivity index (χ1) is 18.0. The first-order valence-electron chi connectivity index (χ1n) is 12.1. The molecule has 3 rings (SSSR count). The molecule has 0 spiro atoms. The number of benzene rings is 1. The number of aliphatic carboxylic acids is 2. The van der Waals surface area contributed by atoms with Gasteiger partial charge in [0, 0.05) is 38.0 Å². The third-order valence-electron chi connectivity index (χ3n) is 6.15. The van der Waals surface area contributed by atoms with Crippen molar-refractivity contribution < 1.29 is 43.7 Å². The molecule has 204 valence electrons. The number of hydrogen-bond acceptors (Lipinski definition) is 8. The third kappa shape index (κ3) is 6.28. The standard InChI is InChI=1S/C25H30N4O9/c1-3-37-25(36)29-12-10-28(11-13-29)23(33)16(8-9-18(30)31)20-19(22(26)32)21(38-14(2)24(34)35)15-6-4-5-7-17(15)27-20/h4-7,14,16H,3,8-13H2,1-2H3,(H2,26,32)(H,30,31)(H,34,35). The van der Waals surface area contributed by atoms with Gasteiger partial charge in [-0.25, -0.2) is 9.59 Å². The number of ether oxygens (including phenoxy) is 2. The van der Waals surface area contributed by atoms with E-state index in [0.29, 0.717) is 10.9 Å². The van der Waals surface area contributed by atoms with Crippen LogP contribution < -0.4 is 10.5 Å². The Labute approximate surface area is 218 Å². The highest BCUT2D eigenvalue weighted by Crippen LogP contribution is 2.37. The molecule has 4 N–H and O–H groups in total. The summed E-state index contributed by atoms with van der Waals surface area (Å²) in [7, 11) is 0. The lowest BCUT2D eigenvalue weighted by Gasteiger charge is -2.36. The fourth-order valence-corrected chi connectivity index (χ4v) is 4.23. The molecule has 2 unspecified atom stereocenters. The van der Waals surface area contributed by atoms with Crippen LogP contribution in [0.15, 0.2) is 24.3 Å². The lowest BCUT2D eigenvalue weighted by Crippen LogP contribution is -2.52. The van der Waals surface area contributed by atoms with Gasteiger partial charge in [-0.05, 0) is 32.4 Å². The number of amides is 3. The number of carboxylic acids is 2. The number of nitrogens with zero attached hydrogens (tertiary/aromatic N) is 3. The van der Waals surface area contributed by atoms with E-state index in [1.807, 2.05) is 0 Å². The van der Waals surface area contributed by atoms with Crippen molar-refractivity contribution in [2.24, 2.45) is 5.73 Å². The average Bonchev–Trinajstić information content (AvgIpc) is 2.88.